The molecule has 3 N–H and O–H groups in total. The maximum absolute atomic E-state index is 12.0. The third kappa shape index (κ3) is 12.7. The highest BCUT2D eigenvalue weighted by Crippen LogP contribution is 2.21. The summed E-state index contributed by atoms with van der Waals surface area (Å²) in [5.41, 5.74) is -0.356. The lowest BCUT2D eigenvalue weighted by atomic mass is 9.87. The van der Waals surface area contributed by atoms with Crippen LogP contribution in [-0.4, -0.2) is 50.6 Å². The molecule has 152 valence electrons. The number of nitrogens with one attached hydrogen (secondary N) is 3. The molecule has 0 bridgehead atoms. The molecule has 0 radical (unpaired) electrons. The van der Waals surface area contributed by atoms with Crippen molar-refractivity contribution in [2.45, 2.75) is 66.2 Å². The largest absolute Gasteiger partial charge is 0.378 e. The molecule has 0 aliphatic rings. The zero-order valence-corrected chi connectivity index (χ0v) is 16.9. The van der Waals surface area contributed by atoms with Crippen LogP contribution >= 0.6 is 0 Å². The van der Waals surface area contributed by atoms with Gasteiger partial charge in [0.15, 0.2) is 0 Å². The maximum Gasteiger partial charge on any atom is 0.225 e. The van der Waals surface area contributed by atoms with Crippen molar-refractivity contribution in [3.05, 3.63) is 0 Å². The molecule has 0 aliphatic heterocycles. The Kier molecular flexibility index (Phi) is 13.6. The molecule has 26 heavy (non-hydrogen) atoms. The predicted octanol–water partition coefficient (Wildman–Crippen LogP) is 1.76. The molecule has 0 aromatic heterocycles. The molecule has 7 heteroatoms. The number of hydrogen-bond acceptors (Lipinski definition) is 4. The number of carbonyl (C=O) groups excluding carboxylic acids is 3. The van der Waals surface area contributed by atoms with Crippen LogP contribution < -0.4 is 16.0 Å². The Morgan fingerprint density at radius 1 is 0.808 bits per heavy atom. The number of amides is 3. The van der Waals surface area contributed by atoms with Crippen LogP contribution in [0.15, 0.2) is 0 Å². The Bertz CT molecular complexity index is 425. The highest BCUT2D eigenvalue weighted by Gasteiger charge is 2.25. The van der Waals surface area contributed by atoms with Gasteiger partial charge in [-0.15, -0.1) is 0 Å². The Morgan fingerprint density at radius 2 is 1.35 bits per heavy atom. The van der Waals surface area contributed by atoms with Crippen molar-refractivity contribution in [3.63, 3.8) is 0 Å². The molecule has 3 amide bonds. The quantitative estimate of drug-likeness (QED) is 0.382. The fourth-order valence-corrected chi connectivity index (χ4v) is 2.39. The summed E-state index contributed by atoms with van der Waals surface area (Å²) in [6.07, 6.45) is 4.18. The molecule has 0 unspecified atom stereocenters. The van der Waals surface area contributed by atoms with Gasteiger partial charge in [-0.25, -0.2) is 0 Å². The topological polar surface area (TPSA) is 96.5 Å². The first-order valence-electron chi connectivity index (χ1n) is 9.73. The van der Waals surface area contributed by atoms with Gasteiger partial charge < -0.3 is 20.7 Å². The van der Waals surface area contributed by atoms with Crippen LogP contribution in [0.4, 0.5) is 0 Å². The predicted molar refractivity (Wildman–Crippen MR) is 103 cm³/mol. The Hall–Kier alpha value is -1.63. The summed E-state index contributed by atoms with van der Waals surface area (Å²) in [6.45, 7) is 10.3. The molecular weight excluding hydrogens is 334 g/mol. The zero-order chi connectivity index (χ0) is 19.8. The molecule has 0 aliphatic carbocycles. The Morgan fingerprint density at radius 3 is 1.88 bits per heavy atom. The summed E-state index contributed by atoms with van der Waals surface area (Å²) in [4.78, 5) is 35.1. The molecule has 0 aromatic rings. The van der Waals surface area contributed by atoms with Gasteiger partial charge in [0.2, 0.25) is 17.7 Å². The van der Waals surface area contributed by atoms with E-state index >= 15 is 0 Å². The number of ether oxygens (including phenoxy) is 1. The van der Waals surface area contributed by atoms with Crippen LogP contribution in [0.2, 0.25) is 0 Å². The SMILES string of the molecule is CCCCNC(=O)CCC(=O)NCCOCCNC(=O)C(C)(C)CCC. The minimum Gasteiger partial charge on any atom is -0.378 e. The second-order valence-corrected chi connectivity index (χ2v) is 7.06. The van der Waals surface area contributed by atoms with Gasteiger partial charge in [0.25, 0.3) is 0 Å². The summed E-state index contributed by atoms with van der Waals surface area (Å²) in [5, 5.41) is 8.36. The van der Waals surface area contributed by atoms with E-state index < -0.39 is 0 Å². The van der Waals surface area contributed by atoms with E-state index in [0.717, 1.165) is 25.7 Å². The molecule has 0 spiro atoms. The van der Waals surface area contributed by atoms with Crippen molar-refractivity contribution in [2.75, 3.05) is 32.8 Å². The van der Waals surface area contributed by atoms with Gasteiger partial charge in [-0.05, 0) is 12.8 Å². The lowest BCUT2D eigenvalue weighted by molar-refractivity contribution is -0.130. The molecule has 0 saturated carbocycles. The van der Waals surface area contributed by atoms with Crippen molar-refractivity contribution in [1.82, 2.24) is 16.0 Å². The molecule has 0 saturated heterocycles. The van der Waals surface area contributed by atoms with Gasteiger partial charge >= 0.3 is 0 Å². The summed E-state index contributed by atoms with van der Waals surface area (Å²) < 4.78 is 5.39. The lowest BCUT2D eigenvalue weighted by Gasteiger charge is -2.22. The van der Waals surface area contributed by atoms with Crippen molar-refractivity contribution >= 4 is 17.7 Å². The first-order valence-corrected chi connectivity index (χ1v) is 9.73. The first-order chi connectivity index (χ1) is 12.3. The minimum absolute atomic E-state index is 0.0356. The van der Waals surface area contributed by atoms with Gasteiger partial charge in [0.1, 0.15) is 0 Å². The fraction of sp³-hybridized carbons (Fsp3) is 0.842. The number of hydrogen-bond donors (Lipinski definition) is 3. The maximum atomic E-state index is 12.0. The third-order valence-corrected chi connectivity index (χ3v) is 4.02. The normalized spacial score (nSPS) is 11.1. The molecule has 0 atom stereocenters. The smallest absolute Gasteiger partial charge is 0.225 e. The van der Waals surface area contributed by atoms with Crippen LogP contribution in [0.1, 0.15) is 66.2 Å². The summed E-state index contributed by atoms with van der Waals surface area (Å²) in [6, 6.07) is 0. The standard InChI is InChI=1S/C19H37N3O4/c1-5-7-11-20-16(23)8-9-17(24)21-12-14-26-15-13-22-18(25)19(3,4)10-6-2/h5-15H2,1-4H3,(H,20,23)(H,21,24)(H,22,25). The molecule has 0 aromatic carbocycles. The number of unbranched alkanes of at least 4 members (excludes halogenated alkanes) is 1. The molecular formula is C19H37N3O4. The Labute approximate surface area is 158 Å². The number of carbonyl (C=O) groups is 3. The van der Waals surface area contributed by atoms with Gasteiger partial charge in [0.05, 0.1) is 13.2 Å². The van der Waals surface area contributed by atoms with Gasteiger partial charge in [0, 0.05) is 37.9 Å². The zero-order valence-electron chi connectivity index (χ0n) is 16.9. The average molecular weight is 372 g/mol. The van der Waals surface area contributed by atoms with Crippen molar-refractivity contribution in [3.8, 4) is 0 Å². The highest BCUT2D eigenvalue weighted by atomic mass is 16.5. The third-order valence-electron chi connectivity index (χ3n) is 4.02. The summed E-state index contributed by atoms with van der Waals surface area (Å²) >= 11 is 0. The number of rotatable bonds is 15. The lowest BCUT2D eigenvalue weighted by Crippen LogP contribution is -2.38. The Balaban J connectivity index is 3.59. The van der Waals surface area contributed by atoms with Crippen LogP contribution in [-0.2, 0) is 19.1 Å². The van der Waals surface area contributed by atoms with Crippen LogP contribution in [0, 0.1) is 5.41 Å². The van der Waals surface area contributed by atoms with Crippen LogP contribution in [0.25, 0.3) is 0 Å². The summed E-state index contributed by atoms with van der Waals surface area (Å²) in [5.74, 6) is -0.214. The van der Waals surface area contributed by atoms with Crippen molar-refractivity contribution < 1.29 is 19.1 Å². The monoisotopic (exact) mass is 371 g/mol. The van der Waals surface area contributed by atoms with E-state index in [0.29, 0.717) is 32.8 Å². The van der Waals surface area contributed by atoms with Crippen LogP contribution in [0.3, 0.4) is 0 Å². The molecule has 7 nitrogen and oxygen atoms in total. The van der Waals surface area contributed by atoms with Crippen molar-refractivity contribution in [1.29, 1.82) is 0 Å². The van der Waals surface area contributed by atoms with E-state index in [2.05, 4.69) is 29.8 Å². The van der Waals surface area contributed by atoms with Crippen molar-refractivity contribution in [2.24, 2.45) is 5.41 Å². The minimum atomic E-state index is -0.356. The molecule has 0 rings (SSSR count). The van der Waals surface area contributed by atoms with E-state index in [-0.39, 0.29) is 36.0 Å². The molecule has 0 fully saturated rings. The van der Waals surface area contributed by atoms with Gasteiger partial charge in [-0.3, -0.25) is 14.4 Å². The van der Waals surface area contributed by atoms with E-state index in [1.165, 1.54) is 0 Å². The average Bonchev–Trinajstić information content (AvgIpc) is 2.59. The molecule has 0 heterocycles. The summed E-state index contributed by atoms with van der Waals surface area (Å²) in [7, 11) is 0. The van der Waals surface area contributed by atoms with E-state index in [1.54, 1.807) is 0 Å². The highest BCUT2D eigenvalue weighted by molar-refractivity contribution is 5.83. The second-order valence-electron chi connectivity index (χ2n) is 7.06. The van der Waals surface area contributed by atoms with Gasteiger partial charge in [-0.2, -0.15) is 0 Å². The van der Waals surface area contributed by atoms with Gasteiger partial charge in [-0.1, -0.05) is 40.5 Å². The van der Waals surface area contributed by atoms with E-state index in [1.807, 2.05) is 13.8 Å². The van der Waals surface area contributed by atoms with E-state index in [9.17, 15) is 14.4 Å². The first kappa shape index (κ1) is 24.4. The fourth-order valence-electron chi connectivity index (χ4n) is 2.39. The van der Waals surface area contributed by atoms with E-state index in [4.69, 9.17) is 4.74 Å². The van der Waals surface area contributed by atoms with Crippen LogP contribution in [0.5, 0.6) is 0 Å². The second kappa shape index (κ2) is 14.5.